The van der Waals surface area contributed by atoms with Crippen molar-refractivity contribution >= 4 is 28.5 Å². The summed E-state index contributed by atoms with van der Waals surface area (Å²) in [7, 11) is 0. The second-order valence-electron chi connectivity index (χ2n) is 5.84. The minimum absolute atomic E-state index is 0.0913. The van der Waals surface area contributed by atoms with Crippen molar-refractivity contribution in [2.75, 3.05) is 18.0 Å². The van der Waals surface area contributed by atoms with Crippen LogP contribution in [0.1, 0.15) is 42.2 Å². The zero-order valence-electron chi connectivity index (χ0n) is 13.2. The average Bonchev–Trinajstić information content (AvgIpc) is 3.19. The van der Waals surface area contributed by atoms with Gasteiger partial charge in [0.05, 0.1) is 0 Å². The van der Waals surface area contributed by atoms with E-state index in [1.807, 2.05) is 18.2 Å². The SMILES string of the molecule is CCC(=O)NCc1c(C(=O)O)[nH]c2ccc(N3CCCC3)cc12. The molecule has 0 spiro atoms. The molecule has 3 rings (SSSR count). The molecule has 0 aliphatic carbocycles. The van der Waals surface area contributed by atoms with Crippen LogP contribution in [-0.4, -0.2) is 35.1 Å². The van der Waals surface area contributed by atoms with Crippen molar-refractivity contribution < 1.29 is 14.7 Å². The first-order valence-corrected chi connectivity index (χ1v) is 7.99. The van der Waals surface area contributed by atoms with E-state index in [1.54, 1.807) is 6.92 Å². The fraction of sp³-hybridized carbons (Fsp3) is 0.412. The van der Waals surface area contributed by atoms with Gasteiger partial charge in [-0.05, 0) is 31.0 Å². The van der Waals surface area contributed by atoms with Gasteiger partial charge in [-0.25, -0.2) is 4.79 Å². The number of amides is 1. The van der Waals surface area contributed by atoms with E-state index in [-0.39, 0.29) is 18.1 Å². The first kappa shape index (κ1) is 15.4. The maximum absolute atomic E-state index is 11.5. The van der Waals surface area contributed by atoms with Gasteiger partial charge in [0.25, 0.3) is 0 Å². The summed E-state index contributed by atoms with van der Waals surface area (Å²) < 4.78 is 0. The van der Waals surface area contributed by atoms with Crippen LogP contribution >= 0.6 is 0 Å². The van der Waals surface area contributed by atoms with Crippen LogP contribution < -0.4 is 10.2 Å². The van der Waals surface area contributed by atoms with Crippen molar-refractivity contribution in [3.05, 3.63) is 29.5 Å². The highest BCUT2D eigenvalue weighted by atomic mass is 16.4. The number of aromatic nitrogens is 1. The Morgan fingerprint density at radius 2 is 2.04 bits per heavy atom. The molecule has 1 aromatic carbocycles. The first-order valence-electron chi connectivity index (χ1n) is 7.99. The zero-order chi connectivity index (χ0) is 16.4. The Bertz CT molecular complexity index is 745. The molecule has 6 nitrogen and oxygen atoms in total. The van der Waals surface area contributed by atoms with E-state index in [0.717, 1.165) is 29.7 Å². The lowest BCUT2D eigenvalue weighted by Crippen LogP contribution is -2.22. The van der Waals surface area contributed by atoms with Crippen LogP contribution in [0.15, 0.2) is 18.2 Å². The predicted octanol–water partition coefficient (Wildman–Crippen LogP) is 2.49. The Kier molecular flexibility index (Phi) is 4.23. The molecule has 1 fully saturated rings. The van der Waals surface area contributed by atoms with Gasteiger partial charge in [-0.15, -0.1) is 0 Å². The zero-order valence-corrected chi connectivity index (χ0v) is 13.2. The smallest absolute Gasteiger partial charge is 0.352 e. The molecule has 1 amide bonds. The van der Waals surface area contributed by atoms with Gasteiger partial charge >= 0.3 is 5.97 Å². The summed E-state index contributed by atoms with van der Waals surface area (Å²) in [5.41, 5.74) is 2.67. The second kappa shape index (κ2) is 6.32. The minimum atomic E-state index is -1.01. The maximum atomic E-state index is 11.5. The van der Waals surface area contributed by atoms with E-state index >= 15 is 0 Å². The highest BCUT2D eigenvalue weighted by Crippen LogP contribution is 2.29. The van der Waals surface area contributed by atoms with Gasteiger partial charge in [0.2, 0.25) is 5.91 Å². The van der Waals surface area contributed by atoms with Gasteiger partial charge in [0.1, 0.15) is 5.69 Å². The van der Waals surface area contributed by atoms with Crippen LogP contribution in [0.3, 0.4) is 0 Å². The number of aromatic amines is 1. The quantitative estimate of drug-likeness (QED) is 0.791. The monoisotopic (exact) mass is 315 g/mol. The molecule has 0 atom stereocenters. The molecule has 1 saturated heterocycles. The number of carboxylic acids is 1. The number of anilines is 1. The van der Waals surface area contributed by atoms with Gasteiger partial charge in [-0.2, -0.15) is 0 Å². The molecular weight excluding hydrogens is 294 g/mol. The molecule has 0 radical (unpaired) electrons. The number of nitrogens with zero attached hydrogens (tertiary/aromatic N) is 1. The predicted molar refractivity (Wildman–Crippen MR) is 88.8 cm³/mol. The van der Waals surface area contributed by atoms with Crippen LogP contribution in [0.2, 0.25) is 0 Å². The molecule has 1 aliphatic heterocycles. The van der Waals surface area contributed by atoms with Gasteiger partial charge in [-0.1, -0.05) is 6.92 Å². The van der Waals surface area contributed by atoms with Crippen molar-refractivity contribution in [3.8, 4) is 0 Å². The summed E-state index contributed by atoms with van der Waals surface area (Å²) in [6.07, 6.45) is 2.75. The van der Waals surface area contributed by atoms with Gasteiger partial charge in [-0.3, -0.25) is 4.79 Å². The number of H-pyrrole nitrogens is 1. The molecule has 23 heavy (non-hydrogen) atoms. The number of rotatable bonds is 5. The third kappa shape index (κ3) is 3.02. The lowest BCUT2D eigenvalue weighted by molar-refractivity contribution is -0.120. The van der Waals surface area contributed by atoms with E-state index < -0.39 is 5.97 Å². The number of hydrogen-bond acceptors (Lipinski definition) is 3. The summed E-state index contributed by atoms with van der Waals surface area (Å²) in [6.45, 7) is 4.05. The van der Waals surface area contributed by atoms with Crippen LogP contribution in [0.25, 0.3) is 10.9 Å². The number of nitrogens with one attached hydrogen (secondary N) is 2. The molecule has 1 aromatic heterocycles. The number of carbonyl (C=O) groups is 2. The number of carboxylic acid groups (broad SMARTS) is 1. The van der Waals surface area contributed by atoms with E-state index in [1.165, 1.54) is 12.8 Å². The second-order valence-corrected chi connectivity index (χ2v) is 5.84. The van der Waals surface area contributed by atoms with Crippen molar-refractivity contribution in [3.63, 3.8) is 0 Å². The van der Waals surface area contributed by atoms with Crippen LogP contribution in [-0.2, 0) is 11.3 Å². The minimum Gasteiger partial charge on any atom is -0.477 e. The summed E-state index contributed by atoms with van der Waals surface area (Å²) in [4.78, 5) is 28.3. The fourth-order valence-electron chi connectivity index (χ4n) is 3.09. The number of fused-ring (bicyclic) bond motifs is 1. The van der Waals surface area contributed by atoms with Crippen LogP contribution in [0, 0.1) is 0 Å². The van der Waals surface area contributed by atoms with E-state index in [0.29, 0.717) is 12.0 Å². The average molecular weight is 315 g/mol. The largest absolute Gasteiger partial charge is 0.477 e. The van der Waals surface area contributed by atoms with Crippen molar-refractivity contribution in [2.45, 2.75) is 32.7 Å². The molecule has 2 aromatic rings. The lowest BCUT2D eigenvalue weighted by Gasteiger charge is -2.17. The Hall–Kier alpha value is -2.50. The summed E-state index contributed by atoms with van der Waals surface area (Å²) in [6, 6.07) is 5.96. The van der Waals surface area contributed by atoms with Crippen molar-refractivity contribution in [2.24, 2.45) is 0 Å². The molecule has 3 N–H and O–H groups in total. The normalized spacial score (nSPS) is 14.4. The standard InChI is InChI=1S/C17H21N3O3/c1-2-15(21)18-10-13-12-9-11(20-7-3-4-8-20)5-6-14(12)19-16(13)17(22)23/h5-6,9,19H,2-4,7-8,10H2,1H3,(H,18,21)(H,22,23). The third-order valence-corrected chi connectivity index (χ3v) is 4.36. The van der Waals surface area contributed by atoms with E-state index in [4.69, 9.17) is 0 Å². The van der Waals surface area contributed by atoms with E-state index in [2.05, 4.69) is 15.2 Å². The number of aromatic carboxylic acids is 1. The van der Waals surface area contributed by atoms with Crippen LogP contribution in [0.4, 0.5) is 5.69 Å². The van der Waals surface area contributed by atoms with Crippen molar-refractivity contribution in [1.29, 1.82) is 0 Å². The Morgan fingerprint density at radius 3 is 2.70 bits per heavy atom. The molecule has 0 saturated carbocycles. The Labute approximate surface area is 134 Å². The Morgan fingerprint density at radius 1 is 1.30 bits per heavy atom. The topological polar surface area (TPSA) is 85.4 Å². The van der Waals surface area contributed by atoms with Gasteiger partial charge < -0.3 is 20.3 Å². The number of hydrogen-bond donors (Lipinski definition) is 3. The molecule has 1 aliphatic rings. The van der Waals surface area contributed by atoms with Gasteiger partial charge in [0, 0.05) is 48.2 Å². The summed E-state index contributed by atoms with van der Waals surface area (Å²) >= 11 is 0. The van der Waals surface area contributed by atoms with Gasteiger partial charge in [0.15, 0.2) is 0 Å². The highest BCUT2D eigenvalue weighted by molar-refractivity contribution is 5.98. The molecule has 0 unspecified atom stereocenters. The molecule has 2 heterocycles. The lowest BCUT2D eigenvalue weighted by atomic mass is 10.1. The summed E-state index contributed by atoms with van der Waals surface area (Å²) in [5, 5.41) is 13.1. The molecule has 122 valence electrons. The van der Waals surface area contributed by atoms with Crippen LogP contribution in [0.5, 0.6) is 0 Å². The Balaban J connectivity index is 2.01. The first-order chi connectivity index (χ1) is 11.1. The summed E-state index contributed by atoms with van der Waals surface area (Å²) in [5.74, 6) is -1.10. The highest BCUT2D eigenvalue weighted by Gasteiger charge is 2.19. The molecular formula is C17H21N3O3. The fourth-order valence-corrected chi connectivity index (χ4v) is 3.09. The maximum Gasteiger partial charge on any atom is 0.352 e. The van der Waals surface area contributed by atoms with E-state index in [9.17, 15) is 14.7 Å². The third-order valence-electron chi connectivity index (χ3n) is 4.36. The number of carbonyl (C=O) groups excluding carboxylic acids is 1. The molecule has 6 heteroatoms. The molecule has 0 bridgehead atoms. The van der Waals surface area contributed by atoms with Crippen molar-refractivity contribution in [1.82, 2.24) is 10.3 Å². The number of benzene rings is 1.